The highest BCUT2D eigenvalue weighted by atomic mass is 16.1. The topological polar surface area (TPSA) is 42.0 Å². The van der Waals surface area contributed by atoms with E-state index in [1.807, 2.05) is 24.3 Å². The molecule has 0 saturated heterocycles. The van der Waals surface area contributed by atoms with E-state index in [1.165, 1.54) is 5.56 Å². The summed E-state index contributed by atoms with van der Waals surface area (Å²) in [5, 5.41) is 2.92. The number of nitrogens with zero attached hydrogens (tertiary/aromatic N) is 1. The third-order valence-corrected chi connectivity index (χ3v) is 3.38. The van der Waals surface area contributed by atoms with Crippen molar-refractivity contribution in [2.75, 3.05) is 6.54 Å². The molecule has 1 aromatic heterocycles. The largest absolute Gasteiger partial charge is 0.352 e. The molecule has 1 heterocycles. The van der Waals surface area contributed by atoms with Crippen LogP contribution in [-0.4, -0.2) is 17.4 Å². The molecule has 0 aliphatic heterocycles. The van der Waals surface area contributed by atoms with Crippen LogP contribution in [0.4, 0.5) is 0 Å². The first-order valence-electron chi connectivity index (χ1n) is 7.37. The molecule has 110 valence electrons. The summed E-state index contributed by atoms with van der Waals surface area (Å²) in [7, 11) is 0. The number of carbonyl (C=O) groups is 1. The maximum Gasteiger partial charge on any atom is 0.252 e. The van der Waals surface area contributed by atoms with Gasteiger partial charge in [-0.05, 0) is 31.4 Å². The molecule has 2 aromatic rings. The van der Waals surface area contributed by atoms with Gasteiger partial charge in [0.15, 0.2) is 0 Å². The van der Waals surface area contributed by atoms with Crippen LogP contribution in [0.1, 0.15) is 36.2 Å². The van der Waals surface area contributed by atoms with Gasteiger partial charge in [0.2, 0.25) is 0 Å². The van der Waals surface area contributed by atoms with E-state index in [2.05, 4.69) is 43.2 Å². The first-order chi connectivity index (χ1) is 10.1. The predicted molar refractivity (Wildman–Crippen MR) is 86.2 cm³/mol. The van der Waals surface area contributed by atoms with Gasteiger partial charge in [0.05, 0.1) is 11.3 Å². The smallest absolute Gasteiger partial charge is 0.252 e. The molecular weight excluding hydrogens is 260 g/mol. The van der Waals surface area contributed by atoms with Crippen LogP contribution in [0.15, 0.2) is 42.6 Å². The molecule has 1 N–H and O–H groups in total. The Labute approximate surface area is 126 Å². The van der Waals surface area contributed by atoms with Crippen molar-refractivity contribution in [2.45, 2.75) is 27.2 Å². The maximum absolute atomic E-state index is 12.0. The van der Waals surface area contributed by atoms with Crippen LogP contribution in [0.5, 0.6) is 0 Å². The molecule has 1 aromatic carbocycles. The Balaban J connectivity index is 2.01. The summed E-state index contributed by atoms with van der Waals surface area (Å²) in [5.41, 5.74) is 3.77. The normalized spacial score (nSPS) is 10.7. The van der Waals surface area contributed by atoms with Crippen LogP contribution in [-0.2, 0) is 0 Å². The Hall–Kier alpha value is -2.16. The van der Waals surface area contributed by atoms with Crippen molar-refractivity contribution in [3.8, 4) is 11.3 Å². The Morgan fingerprint density at radius 3 is 2.43 bits per heavy atom. The van der Waals surface area contributed by atoms with Gasteiger partial charge in [-0.25, -0.2) is 0 Å². The Bertz CT molecular complexity index is 586. The number of aryl methyl sites for hydroxylation is 1. The van der Waals surface area contributed by atoms with E-state index in [9.17, 15) is 4.79 Å². The van der Waals surface area contributed by atoms with Crippen LogP contribution < -0.4 is 5.32 Å². The monoisotopic (exact) mass is 282 g/mol. The number of hydrogen-bond acceptors (Lipinski definition) is 2. The summed E-state index contributed by atoms with van der Waals surface area (Å²) < 4.78 is 0. The number of hydrogen-bond donors (Lipinski definition) is 1. The highest BCUT2D eigenvalue weighted by Crippen LogP contribution is 2.17. The highest BCUT2D eigenvalue weighted by molar-refractivity contribution is 5.94. The number of aromatic nitrogens is 1. The van der Waals surface area contributed by atoms with Crippen molar-refractivity contribution in [3.05, 3.63) is 53.7 Å². The Morgan fingerprint density at radius 1 is 1.14 bits per heavy atom. The lowest BCUT2D eigenvalue weighted by molar-refractivity contribution is 0.0951. The quantitative estimate of drug-likeness (QED) is 0.905. The summed E-state index contributed by atoms with van der Waals surface area (Å²) in [6, 6.07) is 11.9. The summed E-state index contributed by atoms with van der Waals surface area (Å²) in [5.74, 6) is 0.533. The zero-order valence-electron chi connectivity index (χ0n) is 12.9. The molecule has 0 fully saturated rings. The van der Waals surface area contributed by atoms with Crippen molar-refractivity contribution in [3.63, 3.8) is 0 Å². The van der Waals surface area contributed by atoms with Crippen molar-refractivity contribution in [1.82, 2.24) is 10.3 Å². The Kier molecular flexibility index (Phi) is 5.09. The van der Waals surface area contributed by atoms with Gasteiger partial charge in [-0.2, -0.15) is 0 Å². The molecule has 0 spiro atoms. The summed E-state index contributed by atoms with van der Waals surface area (Å²) >= 11 is 0. The molecule has 0 unspecified atom stereocenters. The fourth-order valence-corrected chi connectivity index (χ4v) is 2.00. The molecule has 0 aliphatic carbocycles. The van der Waals surface area contributed by atoms with Crippen LogP contribution in [0.2, 0.25) is 0 Å². The minimum absolute atomic E-state index is 0.0568. The molecule has 2 rings (SSSR count). The lowest BCUT2D eigenvalue weighted by Gasteiger charge is -2.07. The fourth-order valence-electron chi connectivity index (χ4n) is 2.00. The first-order valence-corrected chi connectivity index (χ1v) is 7.37. The zero-order chi connectivity index (χ0) is 15.2. The Morgan fingerprint density at radius 2 is 1.86 bits per heavy atom. The minimum atomic E-state index is -0.0568. The van der Waals surface area contributed by atoms with Gasteiger partial charge in [0.25, 0.3) is 5.91 Å². The molecule has 0 saturated carbocycles. The number of pyridine rings is 1. The van der Waals surface area contributed by atoms with E-state index in [4.69, 9.17) is 0 Å². The van der Waals surface area contributed by atoms with E-state index in [0.29, 0.717) is 18.0 Å². The molecule has 0 atom stereocenters. The standard InChI is InChI=1S/C18H22N2O/c1-13(2)10-11-19-18(21)16-8-9-17(20-12-16)15-6-4-14(3)5-7-15/h4-9,12-13H,10-11H2,1-3H3,(H,19,21). The van der Waals surface area contributed by atoms with Crippen LogP contribution in [0, 0.1) is 12.8 Å². The number of rotatable bonds is 5. The van der Waals surface area contributed by atoms with Gasteiger partial charge in [0.1, 0.15) is 0 Å². The average molecular weight is 282 g/mol. The van der Waals surface area contributed by atoms with Crippen LogP contribution in [0.3, 0.4) is 0 Å². The van der Waals surface area contributed by atoms with Gasteiger partial charge >= 0.3 is 0 Å². The fraction of sp³-hybridized carbons (Fsp3) is 0.333. The molecule has 0 bridgehead atoms. The van der Waals surface area contributed by atoms with Crippen molar-refractivity contribution in [1.29, 1.82) is 0 Å². The first kappa shape index (κ1) is 15.2. The number of nitrogens with one attached hydrogen (secondary N) is 1. The average Bonchev–Trinajstić information content (AvgIpc) is 2.48. The van der Waals surface area contributed by atoms with E-state index < -0.39 is 0 Å². The molecule has 3 nitrogen and oxygen atoms in total. The van der Waals surface area contributed by atoms with Gasteiger partial charge in [-0.3, -0.25) is 9.78 Å². The summed E-state index contributed by atoms with van der Waals surface area (Å²) in [6.07, 6.45) is 2.63. The molecule has 0 aliphatic rings. The second-order valence-electron chi connectivity index (χ2n) is 5.74. The predicted octanol–water partition coefficient (Wildman–Crippen LogP) is 3.83. The lowest BCUT2D eigenvalue weighted by Crippen LogP contribution is -2.25. The number of carbonyl (C=O) groups excluding carboxylic acids is 1. The van der Waals surface area contributed by atoms with E-state index in [1.54, 1.807) is 6.20 Å². The zero-order valence-corrected chi connectivity index (χ0v) is 12.9. The van der Waals surface area contributed by atoms with Crippen LogP contribution in [0.25, 0.3) is 11.3 Å². The van der Waals surface area contributed by atoms with E-state index >= 15 is 0 Å². The lowest BCUT2D eigenvalue weighted by atomic mass is 10.1. The molecule has 1 amide bonds. The van der Waals surface area contributed by atoms with Crippen molar-refractivity contribution < 1.29 is 4.79 Å². The second kappa shape index (κ2) is 7.02. The molecule has 3 heteroatoms. The number of benzene rings is 1. The van der Waals surface area contributed by atoms with Crippen LogP contribution >= 0.6 is 0 Å². The third kappa shape index (κ3) is 4.42. The van der Waals surface area contributed by atoms with E-state index in [-0.39, 0.29) is 5.91 Å². The van der Waals surface area contributed by atoms with Gasteiger partial charge in [-0.1, -0.05) is 43.7 Å². The SMILES string of the molecule is Cc1ccc(-c2ccc(C(=O)NCCC(C)C)cn2)cc1. The summed E-state index contributed by atoms with van der Waals surface area (Å²) in [6.45, 7) is 7.05. The van der Waals surface area contributed by atoms with E-state index in [0.717, 1.165) is 17.7 Å². The van der Waals surface area contributed by atoms with Gasteiger partial charge < -0.3 is 5.32 Å². The van der Waals surface area contributed by atoms with Gasteiger partial charge in [0, 0.05) is 18.3 Å². The minimum Gasteiger partial charge on any atom is -0.352 e. The molecular formula is C18H22N2O. The van der Waals surface area contributed by atoms with Crippen molar-refractivity contribution in [2.24, 2.45) is 5.92 Å². The maximum atomic E-state index is 12.0. The molecule has 0 radical (unpaired) electrons. The highest BCUT2D eigenvalue weighted by Gasteiger charge is 2.06. The summed E-state index contributed by atoms with van der Waals surface area (Å²) in [4.78, 5) is 16.3. The number of amides is 1. The second-order valence-corrected chi connectivity index (χ2v) is 5.74. The third-order valence-electron chi connectivity index (χ3n) is 3.38. The molecule has 21 heavy (non-hydrogen) atoms. The van der Waals surface area contributed by atoms with Crippen molar-refractivity contribution >= 4 is 5.91 Å². The van der Waals surface area contributed by atoms with Gasteiger partial charge in [-0.15, -0.1) is 0 Å².